The third kappa shape index (κ3) is 3.58. The van der Waals surface area contributed by atoms with Crippen LogP contribution in [0, 0.1) is 6.92 Å². The number of aryl methyl sites for hydroxylation is 1. The fourth-order valence-electron chi connectivity index (χ4n) is 4.95. The molecule has 2 N–H and O–H groups in total. The van der Waals surface area contributed by atoms with E-state index in [4.69, 9.17) is 0 Å². The Kier molecular flexibility index (Phi) is 5.70. The average molecular weight is 452 g/mol. The van der Waals surface area contributed by atoms with E-state index in [0.29, 0.717) is 12.1 Å². The van der Waals surface area contributed by atoms with Crippen LogP contribution in [-0.2, 0) is 4.79 Å². The molecule has 1 aliphatic rings. The van der Waals surface area contributed by atoms with Gasteiger partial charge in [0.15, 0.2) is 0 Å². The maximum absolute atomic E-state index is 13.7. The minimum atomic E-state index is -0.615. The Bertz CT molecular complexity index is 1370. The first-order valence-electron chi connectivity index (χ1n) is 11.9. The lowest BCUT2D eigenvalue weighted by molar-refractivity contribution is -0.125. The van der Waals surface area contributed by atoms with Gasteiger partial charge in [0.2, 0.25) is 5.91 Å². The third-order valence-corrected chi connectivity index (χ3v) is 6.70. The SMILES string of the molecule is CCCNC(=O)[C@H](C)N1C(=O)c2ccccc2[C@H]1c1c(-c2ccc(C)cc2)[nH]c2ccccc12. The number of fused-ring (bicyclic) bond motifs is 2. The van der Waals surface area contributed by atoms with Gasteiger partial charge < -0.3 is 15.2 Å². The van der Waals surface area contributed by atoms with E-state index in [9.17, 15) is 9.59 Å². The van der Waals surface area contributed by atoms with Crippen molar-refractivity contribution in [1.82, 2.24) is 15.2 Å². The fraction of sp³-hybridized carbons (Fsp3) is 0.241. The van der Waals surface area contributed by atoms with E-state index in [2.05, 4.69) is 53.6 Å². The predicted molar refractivity (Wildman–Crippen MR) is 136 cm³/mol. The second-order valence-electron chi connectivity index (χ2n) is 8.99. The Morgan fingerprint density at radius 3 is 2.50 bits per heavy atom. The van der Waals surface area contributed by atoms with Crippen LogP contribution in [0.3, 0.4) is 0 Å². The largest absolute Gasteiger partial charge is 0.354 e. The number of nitrogens with one attached hydrogen (secondary N) is 2. The molecular weight excluding hydrogens is 422 g/mol. The molecule has 0 spiro atoms. The van der Waals surface area contributed by atoms with E-state index in [0.717, 1.165) is 39.7 Å². The van der Waals surface area contributed by atoms with Gasteiger partial charge in [-0.1, -0.05) is 73.2 Å². The summed E-state index contributed by atoms with van der Waals surface area (Å²) in [4.78, 5) is 32.1. The molecule has 4 aromatic rings. The number of H-pyrrole nitrogens is 1. The van der Waals surface area contributed by atoms with Crippen molar-refractivity contribution in [1.29, 1.82) is 0 Å². The Morgan fingerprint density at radius 1 is 1.03 bits per heavy atom. The maximum Gasteiger partial charge on any atom is 0.255 e. The van der Waals surface area contributed by atoms with E-state index >= 15 is 0 Å². The highest BCUT2D eigenvalue weighted by molar-refractivity contribution is 6.04. The molecule has 5 nitrogen and oxygen atoms in total. The number of nitrogens with zero attached hydrogens (tertiary/aromatic N) is 1. The van der Waals surface area contributed by atoms with Crippen molar-refractivity contribution in [2.24, 2.45) is 0 Å². The topological polar surface area (TPSA) is 65.2 Å². The summed E-state index contributed by atoms with van der Waals surface area (Å²) in [5, 5.41) is 4.03. The number of benzene rings is 3. The van der Waals surface area contributed by atoms with Crippen molar-refractivity contribution in [3.63, 3.8) is 0 Å². The van der Waals surface area contributed by atoms with E-state index in [1.54, 1.807) is 4.90 Å². The monoisotopic (exact) mass is 451 g/mol. The van der Waals surface area contributed by atoms with Crippen molar-refractivity contribution < 1.29 is 9.59 Å². The number of aromatic nitrogens is 1. The number of para-hydroxylation sites is 1. The molecule has 0 saturated carbocycles. The normalized spacial score (nSPS) is 16.0. The summed E-state index contributed by atoms with van der Waals surface area (Å²) in [6.07, 6.45) is 0.843. The van der Waals surface area contributed by atoms with E-state index in [1.807, 2.05) is 50.2 Å². The summed E-state index contributed by atoms with van der Waals surface area (Å²) in [6, 6.07) is 23.3. The molecule has 1 aromatic heterocycles. The predicted octanol–water partition coefficient (Wildman–Crippen LogP) is 5.60. The fourth-order valence-corrected chi connectivity index (χ4v) is 4.95. The van der Waals surface area contributed by atoms with Gasteiger partial charge in [0.05, 0.1) is 11.7 Å². The number of hydrogen-bond donors (Lipinski definition) is 2. The van der Waals surface area contributed by atoms with Crippen LogP contribution >= 0.6 is 0 Å². The van der Waals surface area contributed by atoms with Crippen LogP contribution in [0.25, 0.3) is 22.2 Å². The van der Waals surface area contributed by atoms with Gasteiger partial charge in [-0.25, -0.2) is 0 Å². The highest BCUT2D eigenvalue weighted by Gasteiger charge is 2.44. The molecule has 0 bridgehead atoms. The van der Waals surface area contributed by atoms with Crippen molar-refractivity contribution >= 4 is 22.7 Å². The van der Waals surface area contributed by atoms with Gasteiger partial charge in [0.1, 0.15) is 6.04 Å². The minimum absolute atomic E-state index is 0.111. The molecule has 0 aliphatic carbocycles. The lowest BCUT2D eigenvalue weighted by Crippen LogP contribution is -2.47. The lowest BCUT2D eigenvalue weighted by Gasteiger charge is -2.31. The van der Waals surface area contributed by atoms with Crippen molar-refractivity contribution in [2.45, 2.75) is 39.3 Å². The first kappa shape index (κ1) is 22.0. The molecule has 2 atom stereocenters. The highest BCUT2D eigenvalue weighted by Crippen LogP contribution is 2.46. The molecular formula is C29H29N3O2. The van der Waals surface area contributed by atoms with Gasteiger partial charge >= 0.3 is 0 Å². The lowest BCUT2D eigenvalue weighted by atomic mass is 9.92. The van der Waals surface area contributed by atoms with E-state index in [-0.39, 0.29) is 17.9 Å². The second-order valence-corrected chi connectivity index (χ2v) is 8.99. The van der Waals surface area contributed by atoms with Crippen molar-refractivity contribution in [3.05, 3.63) is 95.1 Å². The summed E-state index contributed by atoms with van der Waals surface area (Å²) in [5.41, 5.74) is 6.83. The van der Waals surface area contributed by atoms with Gasteiger partial charge in [0, 0.05) is 28.6 Å². The Balaban J connectivity index is 1.74. The molecule has 0 fully saturated rings. The zero-order valence-corrected chi connectivity index (χ0v) is 19.8. The first-order chi connectivity index (χ1) is 16.5. The smallest absolute Gasteiger partial charge is 0.255 e. The minimum Gasteiger partial charge on any atom is -0.354 e. The van der Waals surface area contributed by atoms with Crippen LogP contribution < -0.4 is 5.32 Å². The average Bonchev–Trinajstić information content (AvgIpc) is 3.37. The van der Waals surface area contributed by atoms with Crippen LogP contribution in [-0.4, -0.2) is 34.3 Å². The highest BCUT2D eigenvalue weighted by atomic mass is 16.2. The molecule has 2 amide bonds. The van der Waals surface area contributed by atoms with Crippen LogP contribution in [0.1, 0.15) is 53.4 Å². The van der Waals surface area contributed by atoms with Crippen LogP contribution in [0.5, 0.6) is 0 Å². The molecule has 0 radical (unpaired) electrons. The standard InChI is InChI=1S/C29H29N3O2/c1-4-17-30-28(33)19(3)32-27(21-9-5-6-10-22(21)29(32)34)25-23-11-7-8-12-24(23)31-26(25)20-15-13-18(2)14-16-20/h5-16,19,27,31H,4,17H2,1-3H3,(H,30,33)/t19-,27-/m0/s1. The molecule has 1 aliphatic heterocycles. The molecule has 5 rings (SSSR count). The molecule has 2 heterocycles. The molecule has 3 aromatic carbocycles. The van der Waals surface area contributed by atoms with Crippen LogP contribution in [0.4, 0.5) is 0 Å². The number of aromatic amines is 1. The first-order valence-corrected chi connectivity index (χ1v) is 11.9. The summed E-state index contributed by atoms with van der Waals surface area (Å²) in [7, 11) is 0. The molecule has 0 unspecified atom stereocenters. The summed E-state index contributed by atoms with van der Waals surface area (Å²) >= 11 is 0. The van der Waals surface area contributed by atoms with E-state index in [1.165, 1.54) is 5.56 Å². The third-order valence-electron chi connectivity index (χ3n) is 6.70. The Labute approximate surface area is 199 Å². The number of hydrogen-bond acceptors (Lipinski definition) is 2. The Hall–Kier alpha value is -3.86. The summed E-state index contributed by atoms with van der Waals surface area (Å²) in [5.74, 6) is -0.246. The number of carbonyl (C=O) groups excluding carboxylic acids is 2. The number of carbonyl (C=O) groups is 2. The zero-order chi connectivity index (χ0) is 23.8. The molecule has 5 heteroatoms. The quantitative estimate of drug-likeness (QED) is 0.401. The Morgan fingerprint density at radius 2 is 1.74 bits per heavy atom. The van der Waals surface area contributed by atoms with Gasteiger partial charge in [-0.3, -0.25) is 9.59 Å². The van der Waals surface area contributed by atoms with Crippen LogP contribution in [0.15, 0.2) is 72.8 Å². The number of rotatable bonds is 6. The van der Waals surface area contributed by atoms with Gasteiger partial charge in [-0.2, -0.15) is 0 Å². The summed E-state index contributed by atoms with van der Waals surface area (Å²) < 4.78 is 0. The molecule has 34 heavy (non-hydrogen) atoms. The summed E-state index contributed by atoms with van der Waals surface area (Å²) in [6.45, 7) is 6.50. The van der Waals surface area contributed by atoms with Crippen molar-refractivity contribution in [2.75, 3.05) is 6.54 Å². The van der Waals surface area contributed by atoms with Crippen molar-refractivity contribution in [3.8, 4) is 11.3 Å². The molecule has 172 valence electrons. The van der Waals surface area contributed by atoms with E-state index < -0.39 is 6.04 Å². The van der Waals surface area contributed by atoms with Gasteiger partial charge in [0.25, 0.3) is 5.91 Å². The van der Waals surface area contributed by atoms with Gasteiger partial charge in [-0.05, 0) is 43.5 Å². The number of amides is 2. The maximum atomic E-state index is 13.7. The zero-order valence-electron chi connectivity index (χ0n) is 19.8. The van der Waals surface area contributed by atoms with Gasteiger partial charge in [-0.15, -0.1) is 0 Å². The molecule has 0 saturated heterocycles. The van der Waals surface area contributed by atoms with Crippen LogP contribution in [0.2, 0.25) is 0 Å². The second kappa shape index (κ2) is 8.82.